The van der Waals surface area contributed by atoms with E-state index in [-0.39, 0.29) is 4.90 Å². The summed E-state index contributed by atoms with van der Waals surface area (Å²) in [5.74, 6) is 1.31. The van der Waals surface area contributed by atoms with E-state index in [0.717, 1.165) is 11.4 Å². The summed E-state index contributed by atoms with van der Waals surface area (Å²) in [6, 6.07) is 16.3. The van der Waals surface area contributed by atoms with Crippen LogP contribution in [0.5, 0.6) is 0 Å². The molecule has 1 aliphatic rings. The normalized spacial score (nSPS) is 15.1. The predicted molar refractivity (Wildman–Crippen MR) is 123 cm³/mol. The number of anilines is 4. The number of piperazine rings is 1. The van der Waals surface area contributed by atoms with Gasteiger partial charge in [0.25, 0.3) is 0 Å². The third-order valence-corrected chi connectivity index (χ3v) is 7.12. The van der Waals surface area contributed by atoms with Gasteiger partial charge >= 0.3 is 0 Å². The Kier molecular flexibility index (Phi) is 5.79. The highest BCUT2D eigenvalue weighted by molar-refractivity contribution is 7.89. The van der Waals surface area contributed by atoms with E-state index in [0.29, 0.717) is 43.6 Å². The number of benzene rings is 2. The van der Waals surface area contributed by atoms with E-state index < -0.39 is 10.0 Å². The van der Waals surface area contributed by atoms with E-state index in [1.807, 2.05) is 49.1 Å². The molecule has 2 heterocycles. The molecule has 0 unspecified atom stereocenters. The number of hydrogen-bond acceptors (Lipinski definition) is 7. The molecule has 2 aromatic carbocycles. The number of nitrogen functional groups attached to an aromatic ring is 1. The second-order valence-corrected chi connectivity index (χ2v) is 9.58. The molecule has 3 aromatic rings. The molecule has 3 N–H and O–H groups in total. The van der Waals surface area contributed by atoms with Gasteiger partial charge in [0.2, 0.25) is 16.0 Å². The van der Waals surface area contributed by atoms with Crippen molar-refractivity contribution >= 4 is 33.2 Å². The summed E-state index contributed by atoms with van der Waals surface area (Å²) in [5.41, 5.74) is 9.20. The molecule has 0 amide bonds. The Balaban J connectivity index is 1.46. The van der Waals surface area contributed by atoms with Gasteiger partial charge in [0.05, 0.1) is 4.90 Å². The highest BCUT2D eigenvalue weighted by Crippen LogP contribution is 2.22. The number of aryl methyl sites for hydroxylation is 2. The summed E-state index contributed by atoms with van der Waals surface area (Å²) in [4.78, 5) is 11.5. The summed E-state index contributed by atoms with van der Waals surface area (Å²) < 4.78 is 27.3. The monoisotopic (exact) mass is 438 g/mol. The van der Waals surface area contributed by atoms with Crippen LogP contribution in [0.1, 0.15) is 11.3 Å². The lowest BCUT2D eigenvalue weighted by molar-refractivity contribution is 0.382. The van der Waals surface area contributed by atoms with E-state index in [2.05, 4.69) is 15.3 Å². The quantitative estimate of drug-likeness (QED) is 0.590. The van der Waals surface area contributed by atoms with Crippen LogP contribution in [0.25, 0.3) is 0 Å². The maximum atomic E-state index is 12.9. The first-order chi connectivity index (χ1) is 14.8. The van der Waals surface area contributed by atoms with Crippen LogP contribution >= 0.6 is 0 Å². The van der Waals surface area contributed by atoms with Gasteiger partial charge in [-0.05, 0) is 50.2 Å². The van der Waals surface area contributed by atoms with Gasteiger partial charge in [0, 0.05) is 49.3 Å². The first-order valence-corrected chi connectivity index (χ1v) is 11.6. The van der Waals surface area contributed by atoms with Gasteiger partial charge in [-0.1, -0.05) is 17.7 Å². The van der Waals surface area contributed by atoms with Crippen LogP contribution in [0.2, 0.25) is 0 Å². The van der Waals surface area contributed by atoms with Crippen molar-refractivity contribution < 1.29 is 8.42 Å². The molecular formula is C22H26N6O2S. The van der Waals surface area contributed by atoms with Crippen LogP contribution in [0, 0.1) is 13.8 Å². The molecular weight excluding hydrogens is 412 g/mol. The standard InChI is InChI=1S/C22H26N6O2S/c1-16-3-7-19(8-4-16)25-21-15-17(2)24-22(26-21)27-11-13-28(14-12-27)31(29,30)20-9-5-18(23)6-10-20/h3-10,15H,11-14,23H2,1-2H3,(H,24,25,26). The molecule has 4 rings (SSSR count). The summed E-state index contributed by atoms with van der Waals surface area (Å²) in [6.45, 7) is 5.73. The first-order valence-electron chi connectivity index (χ1n) is 10.1. The number of sulfonamides is 1. The Morgan fingerprint density at radius 1 is 0.903 bits per heavy atom. The minimum atomic E-state index is -3.55. The highest BCUT2D eigenvalue weighted by Gasteiger charge is 2.29. The number of nitrogens with zero attached hydrogens (tertiary/aromatic N) is 4. The van der Waals surface area contributed by atoms with Crippen LogP contribution < -0.4 is 16.0 Å². The summed E-state index contributed by atoms with van der Waals surface area (Å²) in [6.07, 6.45) is 0. The molecule has 1 saturated heterocycles. The zero-order valence-corrected chi connectivity index (χ0v) is 18.4. The minimum Gasteiger partial charge on any atom is -0.399 e. The zero-order valence-electron chi connectivity index (χ0n) is 17.6. The lowest BCUT2D eigenvalue weighted by Gasteiger charge is -2.34. The van der Waals surface area contributed by atoms with E-state index in [4.69, 9.17) is 5.73 Å². The molecule has 1 aliphatic heterocycles. The van der Waals surface area contributed by atoms with Crippen molar-refractivity contribution in [2.24, 2.45) is 0 Å². The second kappa shape index (κ2) is 8.52. The third kappa shape index (κ3) is 4.78. The van der Waals surface area contributed by atoms with Crippen molar-refractivity contribution in [3.63, 3.8) is 0 Å². The number of rotatable bonds is 5. The number of hydrogen-bond donors (Lipinski definition) is 2. The topological polar surface area (TPSA) is 104 Å². The van der Waals surface area contributed by atoms with Gasteiger partial charge in [-0.15, -0.1) is 0 Å². The fourth-order valence-corrected chi connectivity index (χ4v) is 4.88. The Morgan fingerprint density at radius 3 is 2.19 bits per heavy atom. The number of aromatic nitrogens is 2. The Morgan fingerprint density at radius 2 is 1.55 bits per heavy atom. The molecule has 8 nitrogen and oxygen atoms in total. The third-order valence-electron chi connectivity index (χ3n) is 5.21. The van der Waals surface area contributed by atoms with Crippen molar-refractivity contribution in [3.8, 4) is 0 Å². The van der Waals surface area contributed by atoms with E-state index in [1.54, 1.807) is 24.3 Å². The molecule has 1 fully saturated rings. The van der Waals surface area contributed by atoms with E-state index in [1.165, 1.54) is 9.87 Å². The lowest BCUT2D eigenvalue weighted by atomic mass is 10.2. The molecule has 0 aliphatic carbocycles. The summed E-state index contributed by atoms with van der Waals surface area (Å²) in [7, 11) is -3.55. The van der Waals surface area contributed by atoms with Gasteiger partial charge in [0.1, 0.15) is 5.82 Å². The molecule has 0 radical (unpaired) electrons. The zero-order chi connectivity index (χ0) is 22.0. The smallest absolute Gasteiger partial charge is 0.243 e. The van der Waals surface area contributed by atoms with Crippen molar-refractivity contribution in [1.82, 2.24) is 14.3 Å². The number of nitrogens with two attached hydrogens (primary N) is 1. The fraction of sp³-hybridized carbons (Fsp3) is 0.273. The van der Waals surface area contributed by atoms with Crippen LogP contribution in [-0.2, 0) is 10.0 Å². The molecule has 0 saturated carbocycles. The minimum absolute atomic E-state index is 0.256. The number of nitrogens with one attached hydrogen (secondary N) is 1. The van der Waals surface area contributed by atoms with Gasteiger partial charge < -0.3 is 16.0 Å². The molecule has 0 atom stereocenters. The first kappa shape index (κ1) is 21.1. The summed E-state index contributed by atoms with van der Waals surface area (Å²) in [5, 5.41) is 3.32. The van der Waals surface area contributed by atoms with Crippen molar-refractivity contribution in [2.75, 3.05) is 42.1 Å². The molecule has 1 aromatic heterocycles. The molecule has 162 valence electrons. The van der Waals surface area contributed by atoms with Crippen molar-refractivity contribution in [1.29, 1.82) is 0 Å². The molecule has 9 heteroatoms. The van der Waals surface area contributed by atoms with E-state index in [9.17, 15) is 8.42 Å². The Labute approximate surface area is 182 Å². The van der Waals surface area contributed by atoms with Crippen molar-refractivity contribution in [3.05, 3.63) is 65.9 Å². The fourth-order valence-electron chi connectivity index (χ4n) is 3.46. The molecule has 0 bridgehead atoms. The second-order valence-electron chi connectivity index (χ2n) is 7.65. The lowest BCUT2D eigenvalue weighted by Crippen LogP contribution is -2.49. The van der Waals surface area contributed by atoms with Gasteiger partial charge in [-0.2, -0.15) is 9.29 Å². The largest absolute Gasteiger partial charge is 0.399 e. The van der Waals surface area contributed by atoms with Crippen LogP contribution in [-0.4, -0.2) is 48.9 Å². The Bertz CT molecular complexity index is 1160. The maximum absolute atomic E-state index is 12.9. The highest BCUT2D eigenvalue weighted by atomic mass is 32.2. The SMILES string of the molecule is Cc1ccc(Nc2cc(C)nc(N3CCN(S(=O)(=O)c4ccc(N)cc4)CC3)n2)cc1. The molecule has 31 heavy (non-hydrogen) atoms. The van der Waals surface area contributed by atoms with Gasteiger partial charge in [-0.3, -0.25) is 0 Å². The van der Waals surface area contributed by atoms with Crippen LogP contribution in [0.3, 0.4) is 0 Å². The molecule has 0 spiro atoms. The average Bonchev–Trinajstić information content (AvgIpc) is 2.75. The van der Waals surface area contributed by atoms with Gasteiger partial charge in [0.15, 0.2) is 0 Å². The average molecular weight is 439 g/mol. The maximum Gasteiger partial charge on any atom is 0.243 e. The summed E-state index contributed by atoms with van der Waals surface area (Å²) >= 11 is 0. The Hall–Kier alpha value is -3.17. The van der Waals surface area contributed by atoms with Crippen LogP contribution in [0.4, 0.5) is 23.1 Å². The van der Waals surface area contributed by atoms with Crippen molar-refractivity contribution in [2.45, 2.75) is 18.7 Å². The van der Waals surface area contributed by atoms with Crippen LogP contribution in [0.15, 0.2) is 59.5 Å². The predicted octanol–water partition coefficient (Wildman–Crippen LogP) is 2.93. The van der Waals surface area contributed by atoms with E-state index >= 15 is 0 Å². The van der Waals surface area contributed by atoms with Gasteiger partial charge in [-0.25, -0.2) is 13.4 Å².